The fourth-order valence-corrected chi connectivity index (χ4v) is 0.911. The standard InChI is InChI=1S/C9H16/c1-5-9(6-2,7-3)8-4/h5-6H,1-2,7-8H2,3-4H3. The molecule has 0 aromatic carbocycles. The molecule has 0 aromatic rings. The summed E-state index contributed by atoms with van der Waals surface area (Å²) < 4.78 is 0. The number of rotatable bonds is 4. The van der Waals surface area contributed by atoms with E-state index in [1.54, 1.807) is 0 Å². The lowest BCUT2D eigenvalue weighted by Crippen LogP contribution is -2.10. The van der Waals surface area contributed by atoms with Crippen molar-refractivity contribution in [3.8, 4) is 0 Å². The van der Waals surface area contributed by atoms with Gasteiger partial charge in [0.1, 0.15) is 0 Å². The van der Waals surface area contributed by atoms with Crippen LogP contribution in [0.25, 0.3) is 0 Å². The molecule has 0 heteroatoms. The first-order valence-corrected chi connectivity index (χ1v) is 3.52. The molecule has 0 rings (SSSR count). The minimum absolute atomic E-state index is 0.194. The SMILES string of the molecule is C=CC(C=C)(CC)CC. The lowest BCUT2D eigenvalue weighted by molar-refractivity contribution is 0.458. The molecule has 0 N–H and O–H groups in total. The molecule has 0 fully saturated rings. The normalized spacial score (nSPS) is 10.9. The van der Waals surface area contributed by atoms with E-state index in [-0.39, 0.29) is 5.41 Å². The van der Waals surface area contributed by atoms with Gasteiger partial charge in [-0.1, -0.05) is 26.0 Å². The Morgan fingerprint density at radius 3 is 1.44 bits per heavy atom. The highest BCUT2D eigenvalue weighted by atomic mass is 14.2. The summed E-state index contributed by atoms with van der Waals surface area (Å²) in [4.78, 5) is 0. The van der Waals surface area contributed by atoms with E-state index in [1.165, 1.54) is 0 Å². The summed E-state index contributed by atoms with van der Waals surface area (Å²) in [7, 11) is 0. The van der Waals surface area contributed by atoms with Crippen molar-refractivity contribution in [3.05, 3.63) is 25.3 Å². The van der Waals surface area contributed by atoms with Gasteiger partial charge >= 0.3 is 0 Å². The Morgan fingerprint density at radius 1 is 1.11 bits per heavy atom. The molecule has 0 spiro atoms. The average Bonchev–Trinajstić information content (AvgIpc) is 1.95. The topological polar surface area (TPSA) is 0 Å². The molecule has 0 atom stereocenters. The molecule has 0 aromatic heterocycles. The molecule has 9 heavy (non-hydrogen) atoms. The molecule has 0 saturated carbocycles. The Bertz CT molecular complexity index is 86.6. The molecular weight excluding hydrogens is 108 g/mol. The molecule has 0 heterocycles. The van der Waals surface area contributed by atoms with Crippen LogP contribution in [0.2, 0.25) is 0 Å². The first-order valence-electron chi connectivity index (χ1n) is 3.52. The fourth-order valence-electron chi connectivity index (χ4n) is 0.911. The van der Waals surface area contributed by atoms with Gasteiger partial charge in [-0.3, -0.25) is 0 Å². The van der Waals surface area contributed by atoms with Crippen molar-refractivity contribution in [1.82, 2.24) is 0 Å². The largest absolute Gasteiger partial charge is 0.102 e. The predicted octanol–water partition coefficient (Wildman–Crippen LogP) is 3.16. The molecule has 0 nitrogen and oxygen atoms in total. The summed E-state index contributed by atoms with van der Waals surface area (Å²) in [6, 6.07) is 0. The molecule has 0 saturated heterocycles. The van der Waals surface area contributed by atoms with Crippen molar-refractivity contribution in [2.75, 3.05) is 0 Å². The van der Waals surface area contributed by atoms with E-state index in [4.69, 9.17) is 0 Å². The van der Waals surface area contributed by atoms with Crippen LogP contribution >= 0.6 is 0 Å². The summed E-state index contributed by atoms with van der Waals surface area (Å²) >= 11 is 0. The quantitative estimate of drug-likeness (QED) is 0.505. The van der Waals surface area contributed by atoms with Crippen LogP contribution in [0.1, 0.15) is 26.7 Å². The first-order chi connectivity index (χ1) is 4.24. The lowest BCUT2D eigenvalue weighted by Gasteiger charge is -2.22. The first kappa shape index (κ1) is 8.48. The van der Waals surface area contributed by atoms with Crippen LogP contribution < -0.4 is 0 Å². The maximum absolute atomic E-state index is 3.77. The van der Waals surface area contributed by atoms with E-state index < -0.39 is 0 Å². The van der Waals surface area contributed by atoms with Crippen LogP contribution in [-0.2, 0) is 0 Å². The third-order valence-electron chi connectivity index (χ3n) is 2.13. The molecule has 0 aliphatic carbocycles. The smallest absolute Gasteiger partial charge is 0.00504 e. The fraction of sp³-hybridized carbons (Fsp3) is 0.556. The summed E-state index contributed by atoms with van der Waals surface area (Å²) in [5.74, 6) is 0. The maximum Gasteiger partial charge on any atom is 0.00504 e. The molecule has 0 unspecified atom stereocenters. The van der Waals surface area contributed by atoms with Gasteiger partial charge in [0.2, 0.25) is 0 Å². The molecule has 0 aliphatic heterocycles. The molecular formula is C9H16. The second-order valence-corrected chi connectivity index (χ2v) is 2.35. The Hall–Kier alpha value is -0.520. The second-order valence-electron chi connectivity index (χ2n) is 2.35. The van der Waals surface area contributed by atoms with Gasteiger partial charge in [-0.2, -0.15) is 0 Å². The van der Waals surface area contributed by atoms with E-state index in [0.29, 0.717) is 0 Å². The molecule has 52 valence electrons. The Labute approximate surface area is 58.3 Å². The molecule has 0 radical (unpaired) electrons. The Morgan fingerprint density at radius 2 is 1.44 bits per heavy atom. The Kier molecular flexibility index (Phi) is 3.29. The number of hydrogen-bond donors (Lipinski definition) is 0. The second kappa shape index (κ2) is 3.49. The van der Waals surface area contributed by atoms with Crippen LogP contribution in [0.4, 0.5) is 0 Å². The van der Waals surface area contributed by atoms with Crippen molar-refractivity contribution in [1.29, 1.82) is 0 Å². The van der Waals surface area contributed by atoms with Crippen molar-refractivity contribution < 1.29 is 0 Å². The van der Waals surface area contributed by atoms with E-state index in [0.717, 1.165) is 12.8 Å². The maximum atomic E-state index is 3.77. The highest BCUT2D eigenvalue weighted by Crippen LogP contribution is 2.27. The highest BCUT2D eigenvalue weighted by Gasteiger charge is 2.15. The van der Waals surface area contributed by atoms with Crippen LogP contribution in [0.15, 0.2) is 25.3 Å². The summed E-state index contributed by atoms with van der Waals surface area (Å²) in [5, 5.41) is 0. The van der Waals surface area contributed by atoms with Gasteiger partial charge in [0, 0.05) is 5.41 Å². The minimum atomic E-state index is 0.194. The zero-order valence-corrected chi connectivity index (χ0v) is 6.48. The van der Waals surface area contributed by atoms with E-state index >= 15 is 0 Å². The van der Waals surface area contributed by atoms with E-state index in [1.807, 2.05) is 12.2 Å². The van der Waals surface area contributed by atoms with Crippen LogP contribution in [0.5, 0.6) is 0 Å². The van der Waals surface area contributed by atoms with Crippen LogP contribution in [0.3, 0.4) is 0 Å². The van der Waals surface area contributed by atoms with Gasteiger partial charge in [-0.15, -0.1) is 13.2 Å². The lowest BCUT2D eigenvalue weighted by atomic mass is 9.83. The number of allylic oxidation sites excluding steroid dienone is 2. The van der Waals surface area contributed by atoms with Crippen LogP contribution in [0, 0.1) is 5.41 Å². The van der Waals surface area contributed by atoms with E-state index in [9.17, 15) is 0 Å². The summed E-state index contributed by atoms with van der Waals surface area (Å²) in [5.41, 5.74) is 0.194. The van der Waals surface area contributed by atoms with Crippen molar-refractivity contribution in [3.63, 3.8) is 0 Å². The van der Waals surface area contributed by atoms with Gasteiger partial charge in [0.25, 0.3) is 0 Å². The van der Waals surface area contributed by atoms with Gasteiger partial charge < -0.3 is 0 Å². The van der Waals surface area contributed by atoms with Crippen LogP contribution in [-0.4, -0.2) is 0 Å². The van der Waals surface area contributed by atoms with Crippen molar-refractivity contribution >= 4 is 0 Å². The van der Waals surface area contributed by atoms with Gasteiger partial charge in [0.05, 0.1) is 0 Å². The zero-order chi connectivity index (χ0) is 7.33. The average molecular weight is 124 g/mol. The third-order valence-corrected chi connectivity index (χ3v) is 2.13. The minimum Gasteiger partial charge on any atom is -0.102 e. The van der Waals surface area contributed by atoms with Gasteiger partial charge in [0.15, 0.2) is 0 Å². The number of hydrogen-bond acceptors (Lipinski definition) is 0. The van der Waals surface area contributed by atoms with Gasteiger partial charge in [-0.05, 0) is 12.8 Å². The molecule has 0 aliphatic rings. The summed E-state index contributed by atoms with van der Waals surface area (Å²) in [6.45, 7) is 11.9. The predicted molar refractivity (Wildman–Crippen MR) is 43.4 cm³/mol. The van der Waals surface area contributed by atoms with Crippen molar-refractivity contribution in [2.24, 2.45) is 5.41 Å². The van der Waals surface area contributed by atoms with Gasteiger partial charge in [-0.25, -0.2) is 0 Å². The third kappa shape index (κ3) is 1.70. The van der Waals surface area contributed by atoms with E-state index in [2.05, 4.69) is 27.0 Å². The monoisotopic (exact) mass is 124 g/mol. The van der Waals surface area contributed by atoms with Crippen molar-refractivity contribution in [2.45, 2.75) is 26.7 Å². The molecule has 0 bridgehead atoms. The Balaban J connectivity index is 4.15. The molecule has 0 amide bonds. The zero-order valence-electron chi connectivity index (χ0n) is 6.48. The highest BCUT2D eigenvalue weighted by molar-refractivity contribution is 5.04. The summed E-state index contributed by atoms with van der Waals surface area (Å²) in [6.07, 6.45) is 6.19.